The number of hydrogen-bond donors (Lipinski definition) is 1. The Kier molecular flexibility index (Phi) is 6.53. The monoisotopic (exact) mass is 527 g/mol. The average molecular weight is 528 g/mol. The van der Waals surface area contributed by atoms with Crippen molar-refractivity contribution in [3.05, 3.63) is 59.0 Å². The van der Waals surface area contributed by atoms with Gasteiger partial charge in [-0.25, -0.2) is 13.6 Å². The van der Waals surface area contributed by atoms with Crippen LogP contribution in [0.5, 0.6) is 5.75 Å². The summed E-state index contributed by atoms with van der Waals surface area (Å²) in [5, 5.41) is 24.3. The first-order valence-electron chi connectivity index (χ1n) is 12.3. The number of nitrogens with zero attached hydrogens (tertiary/aromatic N) is 7. The number of aliphatic hydroxyl groups excluding tert-OH is 1. The van der Waals surface area contributed by atoms with Crippen LogP contribution in [0.1, 0.15) is 36.4 Å². The number of likely N-dealkylation sites (tertiary alicyclic amines) is 1. The predicted octanol–water partition coefficient (Wildman–Crippen LogP) is 3.24. The molecule has 12 heteroatoms. The summed E-state index contributed by atoms with van der Waals surface area (Å²) in [5.74, 6) is -0.0367. The van der Waals surface area contributed by atoms with Crippen molar-refractivity contribution < 1.29 is 19.0 Å². The summed E-state index contributed by atoms with van der Waals surface area (Å²) in [7, 11) is 0. The minimum absolute atomic E-state index is 0.102. The number of ether oxygens (including phenoxy) is 2. The lowest BCUT2D eigenvalue weighted by Gasteiger charge is -2.41. The molecule has 2 aliphatic heterocycles. The largest absolute Gasteiger partial charge is 0.488 e. The van der Waals surface area contributed by atoms with Crippen LogP contribution in [0.4, 0.5) is 4.39 Å². The highest BCUT2D eigenvalue weighted by Crippen LogP contribution is 2.34. The lowest BCUT2D eigenvalue weighted by molar-refractivity contribution is -0.0735. The summed E-state index contributed by atoms with van der Waals surface area (Å²) < 4.78 is 28.2. The van der Waals surface area contributed by atoms with Crippen molar-refractivity contribution in [2.24, 2.45) is 0 Å². The highest BCUT2D eigenvalue weighted by atomic mass is 35.5. The van der Waals surface area contributed by atoms with E-state index in [1.54, 1.807) is 4.52 Å². The molecule has 6 rings (SSSR count). The van der Waals surface area contributed by atoms with E-state index in [1.807, 2.05) is 23.9 Å². The highest BCUT2D eigenvalue weighted by molar-refractivity contribution is 6.34. The third-order valence-corrected chi connectivity index (χ3v) is 7.48. The van der Waals surface area contributed by atoms with Crippen LogP contribution in [0.3, 0.4) is 0 Å². The minimum atomic E-state index is -1.05. The number of hydrogen-bond acceptors (Lipinski definition) is 8. The molecule has 0 saturated carbocycles. The Morgan fingerprint density at radius 1 is 1.22 bits per heavy atom. The zero-order valence-electron chi connectivity index (χ0n) is 20.3. The number of piperidine rings is 1. The lowest BCUT2D eigenvalue weighted by Crippen LogP contribution is -2.52. The topological polar surface area (TPSA) is 103 Å². The van der Waals surface area contributed by atoms with Crippen LogP contribution in [-0.2, 0) is 4.74 Å². The van der Waals surface area contributed by atoms with Crippen molar-refractivity contribution in [3.63, 3.8) is 0 Å². The van der Waals surface area contributed by atoms with Crippen molar-refractivity contribution in [3.8, 4) is 17.0 Å². The second-order valence-electron chi connectivity index (χ2n) is 9.53. The van der Waals surface area contributed by atoms with Crippen LogP contribution in [0, 0.1) is 12.7 Å². The molecule has 0 amide bonds. The summed E-state index contributed by atoms with van der Waals surface area (Å²) in [6.07, 6.45) is 5.41. The van der Waals surface area contributed by atoms with E-state index >= 15 is 0 Å². The third-order valence-electron chi connectivity index (χ3n) is 7.20. The summed E-state index contributed by atoms with van der Waals surface area (Å²) >= 11 is 6.39. The van der Waals surface area contributed by atoms with Gasteiger partial charge in [-0.2, -0.15) is 5.10 Å². The van der Waals surface area contributed by atoms with Gasteiger partial charge in [0.2, 0.25) is 0 Å². The number of halogens is 2. The number of aromatic nitrogens is 6. The first kappa shape index (κ1) is 24.2. The number of rotatable bonds is 7. The van der Waals surface area contributed by atoms with E-state index in [-0.39, 0.29) is 12.6 Å². The average Bonchev–Trinajstić information content (AvgIpc) is 3.44. The standard InChI is InChI=1S/C25H27ClFN7O3/c1-15-24(30-31-34(15)18-4-6-32(7-5-18)19-12-36-13-19)16-8-23(25-20(26)10-29-33(25)11-16)37-14-22(35)21-3-2-17(27)9-28-21/h2-3,8-11,18-19,22,35H,4-7,12-14H2,1H3/t22-/m0/s1. The third kappa shape index (κ3) is 4.68. The van der Waals surface area contributed by atoms with Crippen LogP contribution < -0.4 is 4.74 Å². The molecule has 4 aromatic heterocycles. The molecular formula is C25H27ClFN7O3. The molecule has 0 spiro atoms. The van der Waals surface area contributed by atoms with Crippen LogP contribution in [0.25, 0.3) is 16.8 Å². The molecule has 0 radical (unpaired) electrons. The normalized spacial score (nSPS) is 18.3. The zero-order chi connectivity index (χ0) is 25.5. The molecule has 1 atom stereocenters. The molecule has 2 fully saturated rings. The van der Waals surface area contributed by atoms with Gasteiger partial charge in [0.05, 0.1) is 54.1 Å². The minimum Gasteiger partial charge on any atom is -0.488 e. The van der Waals surface area contributed by atoms with Crippen molar-refractivity contribution in [2.75, 3.05) is 32.9 Å². The van der Waals surface area contributed by atoms with Crippen LogP contribution >= 0.6 is 11.6 Å². The van der Waals surface area contributed by atoms with Gasteiger partial charge in [0.1, 0.15) is 35.5 Å². The molecule has 0 unspecified atom stereocenters. The van der Waals surface area contributed by atoms with E-state index in [1.165, 1.54) is 18.3 Å². The molecule has 6 heterocycles. The molecule has 0 bridgehead atoms. The van der Waals surface area contributed by atoms with Crippen molar-refractivity contribution >= 4 is 17.1 Å². The van der Waals surface area contributed by atoms with E-state index in [0.717, 1.165) is 62.3 Å². The maximum absolute atomic E-state index is 13.2. The summed E-state index contributed by atoms with van der Waals surface area (Å²) in [4.78, 5) is 6.43. The van der Waals surface area contributed by atoms with Crippen molar-refractivity contribution in [1.82, 2.24) is 34.5 Å². The maximum atomic E-state index is 13.2. The molecule has 194 valence electrons. The van der Waals surface area contributed by atoms with Gasteiger partial charge in [-0.15, -0.1) is 5.10 Å². The molecule has 4 aromatic rings. The van der Waals surface area contributed by atoms with E-state index in [0.29, 0.717) is 28.0 Å². The van der Waals surface area contributed by atoms with E-state index in [2.05, 4.69) is 25.3 Å². The lowest BCUT2D eigenvalue weighted by atomic mass is 10.0. The van der Waals surface area contributed by atoms with Gasteiger partial charge in [-0.3, -0.25) is 9.88 Å². The van der Waals surface area contributed by atoms with Gasteiger partial charge in [0, 0.05) is 24.8 Å². The second kappa shape index (κ2) is 9.97. The maximum Gasteiger partial charge on any atom is 0.147 e. The molecule has 2 aliphatic rings. The summed E-state index contributed by atoms with van der Waals surface area (Å²) in [6.45, 7) is 5.63. The van der Waals surface area contributed by atoms with E-state index in [9.17, 15) is 9.50 Å². The Balaban J connectivity index is 1.24. The first-order chi connectivity index (χ1) is 18.0. The SMILES string of the molecule is Cc1c(-c2cc(OC[C@H](O)c3ccc(F)cn3)c3c(Cl)cnn3c2)nnn1C1CCN(C2COC2)CC1. The fourth-order valence-corrected chi connectivity index (χ4v) is 5.23. The van der Waals surface area contributed by atoms with Crippen molar-refractivity contribution in [2.45, 2.75) is 38.0 Å². The van der Waals surface area contributed by atoms with Crippen LogP contribution in [0.2, 0.25) is 5.02 Å². The van der Waals surface area contributed by atoms with Gasteiger partial charge < -0.3 is 14.6 Å². The Bertz CT molecular complexity index is 1400. The predicted molar refractivity (Wildman–Crippen MR) is 133 cm³/mol. The van der Waals surface area contributed by atoms with Gasteiger partial charge in [-0.1, -0.05) is 16.8 Å². The molecule has 0 aliphatic carbocycles. The highest BCUT2D eigenvalue weighted by Gasteiger charge is 2.31. The Labute approximate surface area is 217 Å². The summed E-state index contributed by atoms with van der Waals surface area (Å²) in [5.41, 5.74) is 3.34. The fraction of sp³-hybridized carbons (Fsp3) is 0.440. The zero-order valence-corrected chi connectivity index (χ0v) is 21.1. The van der Waals surface area contributed by atoms with Gasteiger partial charge >= 0.3 is 0 Å². The van der Waals surface area contributed by atoms with Gasteiger partial charge in [0.25, 0.3) is 0 Å². The van der Waals surface area contributed by atoms with Crippen LogP contribution in [-0.4, -0.2) is 78.6 Å². The Morgan fingerprint density at radius 3 is 2.73 bits per heavy atom. The first-order valence-corrected chi connectivity index (χ1v) is 12.7. The van der Waals surface area contributed by atoms with E-state index in [4.69, 9.17) is 21.1 Å². The van der Waals surface area contributed by atoms with Gasteiger partial charge in [-0.05, 0) is 38.0 Å². The van der Waals surface area contributed by atoms with Gasteiger partial charge in [0.15, 0.2) is 0 Å². The molecule has 1 N–H and O–H groups in total. The van der Waals surface area contributed by atoms with Crippen LogP contribution in [0.15, 0.2) is 36.8 Å². The molecule has 2 saturated heterocycles. The molecule has 10 nitrogen and oxygen atoms in total. The Morgan fingerprint density at radius 2 is 2.03 bits per heavy atom. The smallest absolute Gasteiger partial charge is 0.147 e. The molecular weight excluding hydrogens is 501 g/mol. The molecule has 37 heavy (non-hydrogen) atoms. The van der Waals surface area contributed by atoms with Crippen molar-refractivity contribution in [1.29, 1.82) is 0 Å². The number of aliphatic hydroxyl groups is 1. The number of pyridine rings is 2. The summed E-state index contributed by atoms with van der Waals surface area (Å²) in [6, 6.07) is 5.34. The second-order valence-corrected chi connectivity index (χ2v) is 9.94. The molecule has 0 aromatic carbocycles. The number of fused-ring (bicyclic) bond motifs is 1. The fourth-order valence-electron chi connectivity index (χ4n) is 5.01. The van der Waals surface area contributed by atoms with E-state index < -0.39 is 11.9 Å². The quantitative estimate of drug-likeness (QED) is 0.391. The Hall–Kier alpha value is -3.12.